The van der Waals surface area contributed by atoms with Crippen molar-refractivity contribution in [1.29, 1.82) is 0 Å². The minimum Gasteiger partial charge on any atom is -0.388 e. The van der Waals surface area contributed by atoms with E-state index < -0.39 is 5.60 Å². The van der Waals surface area contributed by atoms with Gasteiger partial charge in [0.25, 0.3) is 0 Å². The number of nitrogens with one attached hydrogen (secondary N) is 1. The second-order valence-electron chi connectivity index (χ2n) is 10.7. The van der Waals surface area contributed by atoms with Gasteiger partial charge in [-0.05, 0) is 64.6 Å². The number of rotatable bonds is 9. The Morgan fingerprint density at radius 2 is 1.79 bits per heavy atom. The first kappa shape index (κ1) is 24.9. The van der Waals surface area contributed by atoms with Crippen molar-refractivity contribution in [2.75, 3.05) is 54.0 Å². The molecule has 0 aromatic heterocycles. The lowest BCUT2D eigenvalue weighted by atomic mass is 9.67. The van der Waals surface area contributed by atoms with Crippen molar-refractivity contribution in [1.82, 2.24) is 20.0 Å². The van der Waals surface area contributed by atoms with Crippen molar-refractivity contribution < 1.29 is 19.4 Å². The number of nitrogens with zero attached hydrogens (tertiary/aromatic N) is 3. The molecule has 0 atom stereocenters. The quantitative estimate of drug-likeness (QED) is 0.538. The van der Waals surface area contributed by atoms with Gasteiger partial charge in [0.1, 0.15) is 6.54 Å². The van der Waals surface area contributed by atoms with Crippen LogP contribution in [0.1, 0.15) is 50.5 Å². The van der Waals surface area contributed by atoms with E-state index in [0.717, 1.165) is 44.9 Å². The smallest absolute Gasteiger partial charge is 0.321 e. The molecule has 0 bridgehead atoms. The van der Waals surface area contributed by atoms with E-state index in [2.05, 4.69) is 48.6 Å². The van der Waals surface area contributed by atoms with Gasteiger partial charge in [0.05, 0.1) is 24.3 Å². The lowest BCUT2D eigenvalue weighted by Crippen LogP contribution is -2.59. The lowest BCUT2D eigenvalue weighted by molar-refractivity contribution is -0.121. The van der Waals surface area contributed by atoms with E-state index in [1.807, 2.05) is 11.0 Å². The summed E-state index contributed by atoms with van der Waals surface area (Å²) in [5.41, 5.74) is 0.0653. The van der Waals surface area contributed by atoms with E-state index in [9.17, 15) is 14.7 Å². The standard InChI is InChI=1S/C26H40N4O4/c1-28(2)26(21-8-5-4-6-9-21)14-12-24(13-15-26)19-29(18-22(31)27-16-17-34-3)23(32)30(24)20-25(33)10-7-11-25/h4-6,8-9,33H,7,10-20H2,1-3H3,(H,27,31)/t24-,26+. The first-order valence-corrected chi connectivity index (χ1v) is 12.5. The summed E-state index contributed by atoms with van der Waals surface area (Å²) in [6, 6.07) is 10.5. The van der Waals surface area contributed by atoms with Gasteiger partial charge in [-0.1, -0.05) is 30.3 Å². The van der Waals surface area contributed by atoms with Crippen molar-refractivity contribution >= 4 is 11.9 Å². The van der Waals surface area contributed by atoms with E-state index >= 15 is 0 Å². The first-order valence-electron chi connectivity index (χ1n) is 12.5. The number of urea groups is 1. The molecule has 1 spiro atoms. The average Bonchev–Trinajstić information content (AvgIpc) is 3.04. The second kappa shape index (κ2) is 9.84. The van der Waals surface area contributed by atoms with E-state index in [4.69, 9.17) is 4.74 Å². The number of carbonyl (C=O) groups excluding carboxylic acids is 2. The maximum atomic E-state index is 13.6. The number of methoxy groups -OCH3 is 1. The highest BCUT2D eigenvalue weighted by atomic mass is 16.5. The van der Waals surface area contributed by atoms with E-state index in [1.54, 1.807) is 12.0 Å². The van der Waals surface area contributed by atoms with Gasteiger partial charge in [0.15, 0.2) is 0 Å². The van der Waals surface area contributed by atoms with Crippen LogP contribution >= 0.6 is 0 Å². The molecule has 3 aliphatic rings. The molecule has 8 heteroatoms. The number of aliphatic hydroxyl groups is 1. The predicted octanol–water partition coefficient (Wildman–Crippen LogP) is 2.17. The largest absolute Gasteiger partial charge is 0.388 e. The van der Waals surface area contributed by atoms with Crippen LogP contribution in [-0.4, -0.2) is 96.9 Å². The summed E-state index contributed by atoms with van der Waals surface area (Å²) in [4.78, 5) is 32.0. The van der Waals surface area contributed by atoms with Crippen LogP contribution in [0.5, 0.6) is 0 Å². The number of ether oxygens (including phenoxy) is 1. The maximum Gasteiger partial charge on any atom is 0.321 e. The van der Waals surface area contributed by atoms with Crippen molar-refractivity contribution in [3.05, 3.63) is 35.9 Å². The highest BCUT2D eigenvalue weighted by Crippen LogP contribution is 2.50. The van der Waals surface area contributed by atoms with Crippen molar-refractivity contribution in [3.8, 4) is 0 Å². The molecule has 3 fully saturated rings. The fourth-order valence-electron chi connectivity index (χ4n) is 6.10. The van der Waals surface area contributed by atoms with Gasteiger partial charge in [-0.2, -0.15) is 0 Å². The highest BCUT2D eigenvalue weighted by molar-refractivity contribution is 5.86. The van der Waals surface area contributed by atoms with E-state index in [-0.39, 0.29) is 29.6 Å². The molecular weight excluding hydrogens is 432 g/mol. The minimum absolute atomic E-state index is 0.0384. The Labute approximate surface area is 203 Å². The highest BCUT2D eigenvalue weighted by Gasteiger charge is 2.56. The Balaban J connectivity index is 1.54. The summed E-state index contributed by atoms with van der Waals surface area (Å²) in [5.74, 6) is -0.174. The van der Waals surface area contributed by atoms with Crippen LogP contribution in [0, 0.1) is 0 Å². The van der Waals surface area contributed by atoms with Crippen LogP contribution < -0.4 is 5.32 Å². The van der Waals surface area contributed by atoms with Crippen molar-refractivity contribution in [2.45, 2.75) is 61.6 Å². The molecule has 2 saturated carbocycles. The lowest BCUT2D eigenvalue weighted by Gasteiger charge is -2.52. The minimum atomic E-state index is -0.797. The molecule has 3 amide bonds. The Hall–Kier alpha value is -2.16. The van der Waals surface area contributed by atoms with Gasteiger partial charge < -0.3 is 25.0 Å². The molecule has 1 aromatic carbocycles. The number of hydrogen-bond donors (Lipinski definition) is 2. The zero-order chi connectivity index (χ0) is 24.4. The summed E-state index contributed by atoms with van der Waals surface area (Å²) in [5, 5.41) is 13.8. The fraction of sp³-hybridized carbons (Fsp3) is 0.692. The third-order valence-corrected chi connectivity index (χ3v) is 8.43. The van der Waals surface area contributed by atoms with Gasteiger partial charge in [-0.25, -0.2) is 4.79 Å². The van der Waals surface area contributed by atoms with Crippen LogP contribution in [0.15, 0.2) is 30.3 Å². The SMILES string of the molecule is COCCNC(=O)CN1C[C@]2(CC[C@](c3ccccc3)(N(C)C)CC2)N(CC2(O)CCC2)C1=O. The maximum absolute atomic E-state index is 13.6. The molecule has 1 saturated heterocycles. The second-order valence-corrected chi connectivity index (χ2v) is 10.7. The Morgan fingerprint density at radius 1 is 1.12 bits per heavy atom. The predicted molar refractivity (Wildman–Crippen MR) is 130 cm³/mol. The number of β-amino-alcohol motifs (C(OH)–C–C–N with tert-alkyl or cyclic N) is 1. The normalized spacial score (nSPS) is 28.4. The number of benzene rings is 1. The monoisotopic (exact) mass is 472 g/mol. The molecule has 0 unspecified atom stereocenters. The number of carbonyl (C=O) groups is 2. The van der Waals surface area contributed by atoms with Crippen LogP contribution in [0.4, 0.5) is 4.79 Å². The average molecular weight is 473 g/mol. The molecule has 188 valence electrons. The van der Waals surface area contributed by atoms with Crippen LogP contribution in [0.2, 0.25) is 0 Å². The first-order chi connectivity index (χ1) is 16.2. The summed E-state index contributed by atoms with van der Waals surface area (Å²) < 4.78 is 5.00. The summed E-state index contributed by atoms with van der Waals surface area (Å²) in [7, 11) is 5.86. The third-order valence-electron chi connectivity index (χ3n) is 8.43. The Bertz CT molecular complexity index is 863. The van der Waals surface area contributed by atoms with E-state index in [0.29, 0.717) is 26.2 Å². The topological polar surface area (TPSA) is 85.3 Å². The molecule has 8 nitrogen and oxygen atoms in total. The van der Waals surface area contributed by atoms with Crippen molar-refractivity contribution in [3.63, 3.8) is 0 Å². The summed E-state index contributed by atoms with van der Waals surface area (Å²) >= 11 is 0. The van der Waals surface area contributed by atoms with E-state index in [1.165, 1.54) is 5.56 Å². The zero-order valence-electron chi connectivity index (χ0n) is 20.9. The van der Waals surface area contributed by atoms with Crippen molar-refractivity contribution in [2.24, 2.45) is 0 Å². The third kappa shape index (κ3) is 4.68. The molecule has 34 heavy (non-hydrogen) atoms. The van der Waals surface area contributed by atoms with Gasteiger partial charge in [-0.3, -0.25) is 9.69 Å². The fourth-order valence-corrected chi connectivity index (χ4v) is 6.10. The molecule has 1 aliphatic heterocycles. The van der Waals surface area contributed by atoms with Gasteiger partial charge in [0, 0.05) is 25.7 Å². The number of hydrogen-bond acceptors (Lipinski definition) is 5. The van der Waals surface area contributed by atoms with Crippen LogP contribution in [0.25, 0.3) is 0 Å². The Morgan fingerprint density at radius 3 is 2.35 bits per heavy atom. The van der Waals surface area contributed by atoms with Crippen LogP contribution in [-0.2, 0) is 15.1 Å². The molecule has 1 aromatic rings. The van der Waals surface area contributed by atoms with Crippen LogP contribution in [0.3, 0.4) is 0 Å². The summed E-state index contributed by atoms with van der Waals surface area (Å²) in [6.07, 6.45) is 5.97. The van der Waals surface area contributed by atoms with Gasteiger partial charge in [0.2, 0.25) is 5.91 Å². The Kier molecular flexibility index (Phi) is 7.22. The molecule has 2 aliphatic carbocycles. The van der Waals surface area contributed by atoms with Gasteiger partial charge in [-0.15, -0.1) is 0 Å². The molecule has 1 heterocycles. The summed E-state index contributed by atoms with van der Waals surface area (Å²) in [6.45, 7) is 1.78. The molecule has 4 rings (SSSR count). The van der Waals surface area contributed by atoms with Gasteiger partial charge >= 0.3 is 6.03 Å². The zero-order valence-corrected chi connectivity index (χ0v) is 20.9. The molecule has 0 radical (unpaired) electrons. The number of amides is 3. The molecule has 2 N–H and O–H groups in total. The molecular formula is C26H40N4O4.